The van der Waals surface area contributed by atoms with Gasteiger partial charge in [-0.15, -0.1) is 11.3 Å². The summed E-state index contributed by atoms with van der Waals surface area (Å²) in [6.45, 7) is 0.275. The van der Waals surface area contributed by atoms with Crippen molar-refractivity contribution in [2.24, 2.45) is 0 Å². The molecule has 0 radical (unpaired) electrons. The molecule has 0 aliphatic carbocycles. The molecule has 3 aromatic rings. The number of carbonyl (C=O) groups is 1. The van der Waals surface area contributed by atoms with Gasteiger partial charge >= 0.3 is 6.43 Å². The van der Waals surface area contributed by atoms with Crippen LogP contribution in [0.3, 0.4) is 0 Å². The highest BCUT2D eigenvalue weighted by atomic mass is 35.5. The van der Waals surface area contributed by atoms with Crippen LogP contribution in [0, 0.1) is 0 Å². The van der Waals surface area contributed by atoms with Crippen molar-refractivity contribution in [3.05, 3.63) is 45.5 Å². The first-order valence-corrected chi connectivity index (χ1v) is 8.22. The van der Waals surface area contributed by atoms with Crippen molar-refractivity contribution >= 4 is 39.7 Å². The van der Waals surface area contributed by atoms with Crippen LogP contribution >= 0.6 is 22.9 Å². The minimum absolute atomic E-state index is 0.0233. The number of amides is 1. The van der Waals surface area contributed by atoms with Crippen LogP contribution in [-0.4, -0.2) is 22.3 Å². The number of aromatic amines is 1. The number of hydrogen-bond acceptors (Lipinski definition) is 4. The summed E-state index contributed by atoms with van der Waals surface area (Å²) in [5, 5.41) is 5.24. The first kappa shape index (κ1) is 16.7. The molecule has 0 bridgehead atoms. The number of fused-ring (bicyclic) bond motifs is 1. The summed E-state index contributed by atoms with van der Waals surface area (Å²) in [6.07, 6.45) is -3.03. The van der Waals surface area contributed by atoms with Crippen molar-refractivity contribution in [1.29, 1.82) is 0 Å². The number of nitrogens with zero attached hydrogens (tertiary/aromatic N) is 1. The first-order chi connectivity index (χ1) is 11.5. The van der Waals surface area contributed by atoms with Crippen molar-refractivity contribution < 1.29 is 18.3 Å². The maximum absolute atomic E-state index is 12.2. The molecule has 2 aromatic heterocycles. The van der Waals surface area contributed by atoms with Gasteiger partial charge in [0, 0.05) is 28.0 Å². The highest BCUT2D eigenvalue weighted by Gasteiger charge is 2.15. The number of alkyl halides is 2. The second-order valence-corrected chi connectivity index (χ2v) is 6.08. The van der Waals surface area contributed by atoms with E-state index in [1.54, 1.807) is 23.7 Å². The number of thiazole rings is 1. The molecule has 9 heteroatoms. The average molecular weight is 372 g/mol. The van der Waals surface area contributed by atoms with Crippen molar-refractivity contribution in [1.82, 2.24) is 15.3 Å². The fourth-order valence-corrected chi connectivity index (χ4v) is 2.89. The lowest BCUT2D eigenvalue weighted by atomic mass is 10.2. The summed E-state index contributed by atoms with van der Waals surface area (Å²) in [4.78, 5) is 18.1. The fourth-order valence-electron chi connectivity index (χ4n) is 2.12. The van der Waals surface area contributed by atoms with E-state index < -0.39 is 12.3 Å². The number of benzene rings is 1. The van der Waals surface area contributed by atoms with Gasteiger partial charge in [0.25, 0.3) is 5.91 Å². The van der Waals surface area contributed by atoms with E-state index in [0.29, 0.717) is 23.1 Å². The lowest BCUT2D eigenvalue weighted by molar-refractivity contribution is -0.131. The molecular formula is C15H12ClF2N3O2S. The SMILES string of the molecule is O=C(NCc1cc2cc(Cl)c(OCc3cscn3)cc2[nH]1)C(F)F. The van der Waals surface area contributed by atoms with E-state index in [2.05, 4.69) is 15.3 Å². The lowest BCUT2D eigenvalue weighted by Gasteiger charge is -2.06. The van der Waals surface area contributed by atoms with E-state index in [9.17, 15) is 13.6 Å². The quantitative estimate of drug-likeness (QED) is 0.693. The van der Waals surface area contributed by atoms with Crippen LogP contribution in [0.25, 0.3) is 10.9 Å². The zero-order chi connectivity index (χ0) is 17.1. The van der Waals surface area contributed by atoms with E-state index in [1.165, 1.54) is 11.3 Å². The number of halogens is 3. The zero-order valence-electron chi connectivity index (χ0n) is 12.2. The first-order valence-electron chi connectivity index (χ1n) is 6.90. The summed E-state index contributed by atoms with van der Waals surface area (Å²) in [5.74, 6) is -0.818. The fraction of sp³-hybridized carbons (Fsp3) is 0.200. The van der Waals surface area contributed by atoms with Crippen molar-refractivity contribution in [3.8, 4) is 5.75 Å². The Morgan fingerprint density at radius 1 is 1.42 bits per heavy atom. The molecule has 1 aromatic carbocycles. The Bertz CT molecular complexity index is 852. The van der Waals surface area contributed by atoms with Gasteiger partial charge in [0.2, 0.25) is 0 Å². The molecule has 0 fully saturated rings. The molecule has 0 saturated heterocycles. The van der Waals surface area contributed by atoms with Crippen molar-refractivity contribution in [2.75, 3.05) is 0 Å². The van der Waals surface area contributed by atoms with Gasteiger partial charge in [-0.05, 0) is 12.1 Å². The van der Waals surface area contributed by atoms with Gasteiger partial charge in [-0.2, -0.15) is 8.78 Å². The van der Waals surface area contributed by atoms with Gasteiger partial charge in [0.15, 0.2) is 0 Å². The summed E-state index contributed by atoms with van der Waals surface area (Å²) in [5.41, 5.74) is 3.84. The summed E-state index contributed by atoms with van der Waals surface area (Å²) >= 11 is 7.67. The molecule has 0 atom stereocenters. The van der Waals surface area contributed by atoms with Gasteiger partial charge in [-0.25, -0.2) is 4.98 Å². The van der Waals surface area contributed by atoms with Crippen molar-refractivity contribution in [2.45, 2.75) is 19.6 Å². The monoisotopic (exact) mass is 371 g/mol. The molecule has 0 unspecified atom stereocenters. The third kappa shape index (κ3) is 3.82. The highest BCUT2D eigenvalue weighted by Crippen LogP contribution is 2.31. The Balaban J connectivity index is 1.73. The molecule has 24 heavy (non-hydrogen) atoms. The number of H-pyrrole nitrogens is 1. The van der Waals surface area contributed by atoms with Crippen LogP contribution in [0.1, 0.15) is 11.4 Å². The van der Waals surface area contributed by atoms with Gasteiger partial charge in [0.1, 0.15) is 12.4 Å². The number of hydrogen-bond donors (Lipinski definition) is 2. The normalized spacial score (nSPS) is 11.2. The largest absolute Gasteiger partial charge is 0.486 e. The van der Waals surface area contributed by atoms with Crippen LogP contribution in [0.4, 0.5) is 8.78 Å². The Morgan fingerprint density at radius 3 is 2.96 bits per heavy atom. The third-order valence-corrected chi connectivity index (χ3v) is 4.17. The molecule has 5 nitrogen and oxygen atoms in total. The lowest BCUT2D eigenvalue weighted by Crippen LogP contribution is -2.28. The summed E-state index contributed by atoms with van der Waals surface area (Å²) in [6, 6.07) is 5.17. The second-order valence-electron chi connectivity index (χ2n) is 4.95. The standard InChI is InChI=1S/C15H12ClF2N3O2S/c16-11-2-8-1-9(4-19-15(22)14(17)18)21-12(8)3-13(11)23-5-10-6-24-7-20-10/h1-3,6-7,14,21H,4-5H2,(H,19,22). The molecule has 0 aliphatic rings. The molecule has 0 aliphatic heterocycles. The number of aromatic nitrogens is 2. The predicted octanol–water partition coefficient (Wildman–Crippen LogP) is 3.74. The summed E-state index contributed by atoms with van der Waals surface area (Å²) < 4.78 is 30.0. The van der Waals surface area contributed by atoms with Crippen LogP contribution < -0.4 is 10.1 Å². The van der Waals surface area contributed by atoms with Gasteiger partial charge in [0.05, 0.1) is 22.8 Å². The number of ether oxygens (including phenoxy) is 1. The maximum atomic E-state index is 12.2. The predicted molar refractivity (Wildman–Crippen MR) is 87.6 cm³/mol. The Kier molecular flexibility index (Phi) is 4.96. The number of carbonyl (C=O) groups excluding carboxylic acids is 1. The smallest absolute Gasteiger partial charge is 0.315 e. The van der Waals surface area contributed by atoms with Crippen LogP contribution in [0.15, 0.2) is 29.1 Å². The van der Waals surface area contributed by atoms with E-state index >= 15 is 0 Å². The van der Waals surface area contributed by atoms with Gasteiger partial charge in [-0.1, -0.05) is 11.6 Å². The number of rotatable bonds is 6. The van der Waals surface area contributed by atoms with E-state index in [-0.39, 0.29) is 6.54 Å². The Labute approximate surface area is 144 Å². The maximum Gasteiger partial charge on any atom is 0.315 e. The van der Waals surface area contributed by atoms with Crippen LogP contribution in [0.5, 0.6) is 5.75 Å². The van der Waals surface area contributed by atoms with Crippen LogP contribution in [-0.2, 0) is 17.9 Å². The highest BCUT2D eigenvalue weighted by molar-refractivity contribution is 7.07. The molecule has 0 spiro atoms. The Morgan fingerprint density at radius 2 is 2.25 bits per heavy atom. The molecule has 1 amide bonds. The van der Waals surface area contributed by atoms with Gasteiger partial charge in [-0.3, -0.25) is 4.79 Å². The molecule has 2 heterocycles. The molecule has 126 valence electrons. The minimum atomic E-state index is -3.03. The third-order valence-electron chi connectivity index (χ3n) is 3.24. The van der Waals surface area contributed by atoms with E-state index in [0.717, 1.165) is 16.6 Å². The van der Waals surface area contributed by atoms with Gasteiger partial charge < -0.3 is 15.0 Å². The summed E-state index contributed by atoms with van der Waals surface area (Å²) in [7, 11) is 0. The minimum Gasteiger partial charge on any atom is -0.486 e. The second kappa shape index (κ2) is 7.14. The Hall–Kier alpha value is -2.19. The number of nitrogens with one attached hydrogen (secondary N) is 2. The molecule has 2 N–H and O–H groups in total. The van der Waals surface area contributed by atoms with E-state index in [4.69, 9.17) is 16.3 Å². The topological polar surface area (TPSA) is 67.0 Å². The average Bonchev–Trinajstić information content (AvgIpc) is 3.19. The molecule has 3 rings (SSSR count). The van der Waals surface area contributed by atoms with Crippen LogP contribution in [0.2, 0.25) is 5.02 Å². The molecule has 0 saturated carbocycles. The van der Waals surface area contributed by atoms with E-state index in [1.807, 2.05) is 5.38 Å². The molecular weight excluding hydrogens is 360 g/mol. The zero-order valence-corrected chi connectivity index (χ0v) is 13.8. The van der Waals surface area contributed by atoms with Crippen molar-refractivity contribution in [3.63, 3.8) is 0 Å².